The Hall–Kier alpha value is -2.02. The predicted molar refractivity (Wildman–Crippen MR) is 121 cm³/mol. The van der Waals surface area contributed by atoms with Gasteiger partial charge in [0.15, 0.2) is 0 Å². The SMILES string of the molecule is C/C(=N\OCCCc1ccccc1)c1ccc([C@H]2CC[C@](N)(COP(=O)(O)O)C2)cc1. The highest BCUT2D eigenvalue weighted by Crippen LogP contribution is 2.43. The van der Waals surface area contributed by atoms with Gasteiger partial charge in [0, 0.05) is 5.54 Å². The van der Waals surface area contributed by atoms with E-state index in [2.05, 4.69) is 33.9 Å². The van der Waals surface area contributed by atoms with Crippen molar-refractivity contribution in [2.75, 3.05) is 13.2 Å². The summed E-state index contributed by atoms with van der Waals surface area (Å²) in [6, 6.07) is 18.5. The van der Waals surface area contributed by atoms with Gasteiger partial charge >= 0.3 is 7.82 Å². The summed E-state index contributed by atoms with van der Waals surface area (Å²) in [5, 5.41) is 4.23. The third-order valence-corrected chi connectivity index (χ3v) is 6.17. The van der Waals surface area contributed by atoms with Crippen LogP contribution < -0.4 is 5.73 Å². The highest BCUT2D eigenvalue weighted by atomic mass is 31.2. The molecule has 2 aromatic rings. The minimum absolute atomic E-state index is 0.140. The molecule has 31 heavy (non-hydrogen) atoms. The van der Waals surface area contributed by atoms with Crippen molar-refractivity contribution >= 4 is 13.5 Å². The van der Waals surface area contributed by atoms with Gasteiger partial charge in [0.1, 0.15) is 6.61 Å². The van der Waals surface area contributed by atoms with Crippen molar-refractivity contribution in [1.29, 1.82) is 0 Å². The van der Waals surface area contributed by atoms with E-state index in [1.807, 2.05) is 37.3 Å². The second-order valence-corrected chi connectivity index (χ2v) is 9.53. The first kappa shape index (κ1) is 23.6. The molecule has 0 amide bonds. The number of rotatable bonds is 10. The van der Waals surface area contributed by atoms with E-state index in [4.69, 9.17) is 20.4 Å². The van der Waals surface area contributed by atoms with Crippen molar-refractivity contribution in [2.45, 2.75) is 50.5 Å². The fourth-order valence-electron chi connectivity index (χ4n) is 3.96. The molecule has 2 aromatic carbocycles. The third kappa shape index (κ3) is 7.56. The molecule has 0 heterocycles. The van der Waals surface area contributed by atoms with Gasteiger partial charge in [0.25, 0.3) is 0 Å². The zero-order valence-corrected chi connectivity index (χ0v) is 18.7. The summed E-state index contributed by atoms with van der Waals surface area (Å²) in [5.41, 5.74) is 9.84. The van der Waals surface area contributed by atoms with Gasteiger partial charge in [-0.1, -0.05) is 59.8 Å². The van der Waals surface area contributed by atoms with Crippen LogP contribution in [0.4, 0.5) is 0 Å². The highest BCUT2D eigenvalue weighted by Gasteiger charge is 2.38. The molecule has 1 fully saturated rings. The van der Waals surface area contributed by atoms with E-state index in [1.165, 1.54) is 5.56 Å². The van der Waals surface area contributed by atoms with Gasteiger partial charge < -0.3 is 20.4 Å². The van der Waals surface area contributed by atoms with E-state index in [0.29, 0.717) is 19.4 Å². The van der Waals surface area contributed by atoms with Gasteiger partial charge in [-0.3, -0.25) is 4.52 Å². The summed E-state index contributed by atoms with van der Waals surface area (Å²) in [7, 11) is -4.51. The maximum Gasteiger partial charge on any atom is 0.469 e. The zero-order chi connectivity index (χ0) is 22.3. The number of benzene rings is 2. The second-order valence-electron chi connectivity index (χ2n) is 8.29. The van der Waals surface area contributed by atoms with Gasteiger partial charge in [-0.15, -0.1) is 0 Å². The number of phosphoric acid groups is 1. The minimum Gasteiger partial charge on any atom is -0.396 e. The molecule has 1 aliphatic rings. The van der Waals surface area contributed by atoms with Crippen LogP contribution in [0.25, 0.3) is 0 Å². The van der Waals surface area contributed by atoms with E-state index in [0.717, 1.165) is 36.1 Å². The van der Waals surface area contributed by atoms with Crippen LogP contribution in [0, 0.1) is 0 Å². The van der Waals surface area contributed by atoms with Crippen molar-refractivity contribution < 1.29 is 23.7 Å². The van der Waals surface area contributed by atoms with Crippen molar-refractivity contribution in [3.05, 3.63) is 71.3 Å². The lowest BCUT2D eigenvalue weighted by molar-refractivity contribution is 0.142. The van der Waals surface area contributed by atoms with Crippen LogP contribution in [0.5, 0.6) is 0 Å². The molecule has 0 aromatic heterocycles. The Morgan fingerprint density at radius 1 is 1.19 bits per heavy atom. The molecule has 0 saturated heterocycles. The summed E-state index contributed by atoms with van der Waals surface area (Å²) in [4.78, 5) is 23.3. The second kappa shape index (κ2) is 10.5. The Balaban J connectivity index is 1.47. The minimum atomic E-state index is -4.51. The molecule has 0 radical (unpaired) electrons. The molecule has 1 aliphatic carbocycles. The first-order chi connectivity index (χ1) is 14.7. The van der Waals surface area contributed by atoms with Gasteiger partial charge in [0.05, 0.1) is 12.3 Å². The lowest BCUT2D eigenvalue weighted by atomic mass is 9.93. The Kier molecular flexibility index (Phi) is 8.03. The fourth-order valence-corrected chi connectivity index (χ4v) is 4.39. The largest absolute Gasteiger partial charge is 0.469 e. The molecule has 2 atom stereocenters. The lowest BCUT2D eigenvalue weighted by Gasteiger charge is -2.24. The molecule has 7 nitrogen and oxygen atoms in total. The topological polar surface area (TPSA) is 114 Å². The monoisotopic (exact) mass is 446 g/mol. The van der Waals surface area contributed by atoms with Crippen LogP contribution in [0.1, 0.15) is 55.2 Å². The Morgan fingerprint density at radius 2 is 1.90 bits per heavy atom. The maximum atomic E-state index is 11.0. The average molecular weight is 446 g/mol. The van der Waals surface area contributed by atoms with Gasteiger partial charge in [-0.2, -0.15) is 0 Å². The van der Waals surface area contributed by atoms with Crippen molar-refractivity contribution in [2.24, 2.45) is 10.9 Å². The van der Waals surface area contributed by atoms with Crippen molar-refractivity contribution in [3.63, 3.8) is 0 Å². The van der Waals surface area contributed by atoms with Crippen molar-refractivity contribution in [1.82, 2.24) is 0 Å². The van der Waals surface area contributed by atoms with E-state index < -0.39 is 13.4 Å². The van der Waals surface area contributed by atoms with Gasteiger partial charge in [-0.05, 0) is 61.6 Å². The van der Waals surface area contributed by atoms with Crippen LogP contribution >= 0.6 is 7.82 Å². The molecule has 8 heteroatoms. The zero-order valence-electron chi connectivity index (χ0n) is 17.8. The summed E-state index contributed by atoms with van der Waals surface area (Å²) in [6.07, 6.45) is 4.03. The summed E-state index contributed by atoms with van der Waals surface area (Å²) >= 11 is 0. The number of aryl methyl sites for hydroxylation is 1. The molecule has 3 rings (SSSR count). The number of oxime groups is 1. The molecular formula is C23H31N2O5P. The number of hydrogen-bond donors (Lipinski definition) is 3. The van der Waals surface area contributed by atoms with E-state index in [9.17, 15) is 4.57 Å². The van der Waals surface area contributed by atoms with Crippen LogP contribution in [0.15, 0.2) is 59.8 Å². The Labute approximate surface area is 183 Å². The van der Waals surface area contributed by atoms with Gasteiger partial charge in [0.2, 0.25) is 0 Å². The Morgan fingerprint density at radius 3 is 2.58 bits per heavy atom. The number of nitrogens with zero attached hydrogens (tertiary/aromatic N) is 1. The molecule has 4 N–H and O–H groups in total. The van der Waals surface area contributed by atoms with E-state index >= 15 is 0 Å². The summed E-state index contributed by atoms with van der Waals surface area (Å²) in [5.74, 6) is 0.242. The molecule has 0 bridgehead atoms. The van der Waals surface area contributed by atoms with Crippen LogP contribution in [0.3, 0.4) is 0 Å². The maximum absolute atomic E-state index is 11.0. The van der Waals surface area contributed by atoms with Crippen LogP contribution in [-0.4, -0.2) is 34.3 Å². The molecule has 168 valence electrons. The predicted octanol–water partition coefficient (Wildman–Crippen LogP) is 4.13. The van der Waals surface area contributed by atoms with Crippen LogP contribution in [-0.2, 0) is 20.3 Å². The number of phosphoric ester groups is 1. The third-order valence-electron chi connectivity index (χ3n) is 5.71. The molecular weight excluding hydrogens is 415 g/mol. The first-order valence-corrected chi connectivity index (χ1v) is 12.1. The molecule has 0 aliphatic heterocycles. The summed E-state index contributed by atoms with van der Waals surface area (Å²) in [6.45, 7) is 2.35. The number of nitrogens with two attached hydrogens (primary N) is 1. The summed E-state index contributed by atoms with van der Waals surface area (Å²) < 4.78 is 15.6. The average Bonchev–Trinajstić information content (AvgIpc) is 3.15. The van der Waals surface area contributed by atoms with E-state index in [1.54, 1.807) is 0 Å². The normalized spacial score (nSPS) is 21.9. The van der Waals surface area contributed by atoms with E-state index in [-0.39, 0.29) is 12.5 Å². The number of hydrogen-bond acceptors (Lipinski definition) is 5. The molecule has 0 spiro atoms. The fraction of sp³-hybridized carbons (Fsp3) is 0.435. The standard InChI is InChI=1S/C23H31N2O5P/c1-18(25-29-15-5-8-19-6-3-2-4-7-19)20-9-11-21(12-10-20)22-13-14-23(24,16-22)17-30-31(26,27)28/h2-4,6-7,9-12,22H,5,8,13-17,24H2,1H3,(H2,26,27,28)/b25-18+/t22-,23+/m0/s1. The lowest BCUT2D eigenvalue weighted by Crippen LogP contribution is -2.41. The first-order valence-electron chi connectivity index (χ1n) is 10.5. The highest BCUT2D eigenvalue weighted by molar-refractivity contribution is 7.46. The van der Waals surface area contributed by atoms with Crippen LogP contribution in [0.2, 0.25) is 0 Å². The van der Waals surface area contributed by atoms with Crippen molar-refractivity contribution in [3.8, 4) is 0 Å². The van der Waals surface area contributed by atoms with Gasteiger partial charge in [-0.25, -0.2) is 4.57 Å². The molecule has 0 unspecified atom stereocenters. The smallest absolute Gasteiger partial charge is 0.396 e. The Bertz CT molecular complexity index is 913. The molecule has 1 saturated carbocycles. The quantitative estimate of drug-likeness (QED) is 0.219.